The van der Waals surface area contributed by atoms with Gasteiger partial charge in [-0.15, -0.1) is 0 Å². The van der Waals surface area contributed by atoms with E-state index in [4.69, 9.17) is 15.0 Å². The van der Waals surface area contributed by atoms with Crippen LogP contribution in [-0.2, 0) is 9.53 Å². The van der Waals surface area contributed by atoms with Crippen LogP contribution in [0.25, 0.3) is 0 Å². The van der Waals surface area contributed by atoms with Gasteiger partial charge in [-0.3, -0.25) is 4.79 Å². The summed E-state index contributed by atoms with van der Waals surface area (Å²) >= 11 is 0. The Bertz CT molecular complexity index is 114. The van der Waals surface area contributed by atoms with Gasteiger partial charge in [-0.1, -0.05) is 0 Å². The zero-order valence-corrected chi connectivity index (χ0v) is 12.2. The van der Waals surface area contributed by atoms with Gasteiger partial charge in [-0.05, 0) is 13.1 Å². The molecule has 6 nitrogen and oxygen atoms in total. The van der Waals surface area contributed by atoms with Gasteiger partial charge in [0, 0.05) is 6.92 Å². The summed E-state index contributed by atoms with van der Waals surface area (Å²) in [6, 6.07) is 0. The maximum atomic E-state index is 9.82. The molecule has 0 amide bonds. The van der Waals surface area contributed by atoms with Gasteiger partial charge in [-0.25, -0.2) is 0 Å². The van der Waals surface area contributed by atoms with Crippen LogP contribution in [0.4, 0.5) is 4.79 Å². The normalized spacial score (nSPS) is 5.38. The minimum absolute atomic E-state index is 0. The fourth-order valence-corrected chi connectivity index (χ4v) is 0.203. The van der Waals surface area contributed by atoms with Crippen molar-refractivity contribution in [2.45, 2.75) is 13.8 Å². The number of carboxylic acid groups (broad SMARTS) is 2. The summed E-state index contributed by atoms with van der Waals surface area (Å²) in [5.74, 6) is -0.211. The molecule has 0 radical (unpaired) electrons. The first kappa shape index (κ1) is 29.2. The van der Waals surface area contributed by atoms with Crippen LogP contribution >= 0.6 is 0 Å². The molecule has 0 fully saturated rings. The Morgan fingerprint density at radius 2 is 1.46 bits per heavy atom. The van der Waals surface area contributed by atoms with Crippen molar-refractivity contribution in [3.05, 3.63) is 0 Å². The van der Waals surface area contributed by atoms with Crippen LogP contribution in [0.5, 0.6) is 0 Å². The summed E-state index contributed by atoms with van der Waals surface area (Å²) in [4.78, 5) is 18.2. The molecule has 0 aliphatic carbocycles. The van der Waals surface area contributed by atoms with Gasteiger partial charge in [0.15, 0.2) is 0 Å². The molecule has 0 aromatic carbocycles. The summed E-state index contributed by atoms with van der Waals surface area (Å²) in [6.07, 6.45) is -2.33. The number of esters is 1. The zero-order valence-electron chi connectivity index (χ0n) is 8.25. The summed E-state index contributed by atoms with van der Waals surface area (Å²) in [7, 11) is 0. The van der Waals surface area contributed by atoms with Gasteiger partial charge >= 0.3 is 65.1 Å². The average molecular weight is 212 g/mol. The molecule has 0 heterocycles. The van der Waals surface area contributed by atoms with Gasteiger partial charge in [-0.2, -0.15) is 0 Å². The Hall–Kier alpha value is 0.700. The topological polar surface area (TPSA) is 121 Å². The number of hydrogen-bond acceptors (Lipinski definition) is 5. The van der Waals surface area contributed by atoms with Crippen molar-refractivity contribution >= 4 is 12.1 Å². The van der Waals surface area contributed by atoms with Crippen LogP contribution in [0.3, 0.4) is 0 Å². The standard InChI is InChI=1S/C4H8O2.CH2O3.2Na.H2O/c1-3-6-4(2)5;2-1(3)4;;;/h3H2,1-2H3;(H2,2,3,4);;;1H2/q;;2*+1;/p-2. The van der Waals surface area contributed by atoms with Crippen molar-refractivity contribution < 1.29 is 89.1 Å². The largest absolute Gasteiger partial charge is 1.00 e. The van der Waals surface area contributed by atoms with E-state index in [1.165, 1.54) is 6.92 Å². The molecule has 0 aromatic rings. The molecule has 0 bridgehead atoms. The number of carbonyl (C=O) groups excluding carboxylic acids is 2. The zero-order chi connectivity index (χ0) is 8.57. The van der Waals surface area contributed by atoms with Crippen molar-refractivity contribution in [3.63, 3.8) is 0 Å². The van der Waals surface area contributed by atoms with Crippen molar-refractivity contribution in [1.82, 2.24) is 0 Å². The quantitative estimate of drug-likeness (QED) is 0.315. The molecule has 68 valence electrons. The molecule has 0 atom stereocenters. The molecule has 8 heteroatoms. The van der Waals surface area contributed by atoms with Gasteiger partial charge in [0.2, 0.25) is 0 Å². The van der Waals surface area contributed by atoms with E-state index >= 15 is 0 Å². The number of rotatable bonds is 1. The Kier molecular flexibility index (Phi) is 51.6. The number of ether oxygens (including phenoxy) is 1. The first-order valence-electron chi connectivity index (χ1n) is 2.52. The maximum Gasteiger partial charge on any atom is 1.00 e. The van der Waals surface area contributed by atoms with Gasteiger partial charge in [0.05, 0.1) is 6.61 Å². The Balaban J connectivity index is -0.0000000279. The Morgan fingerprint density at radius 1 is 1.23 bits per heavy atom. The maximum absolute atomic E-state index is 9.82. The monoisotopic (exact) mass is 212 g/mol. The Labute approximate surface area is 121 Å². The van der Waals surface area contributed by atoms with Crippen molar-refractivity contribution in [1.29, 1.82) is 0 Å². The molecular weight excluding hydrogens is 202 g/mol. The fourth-order valence-electron chi connectivity index (χ4n) is 0.203. The van der Waals surface area contributed by atoms with E-state index in [2.05, 4.69) is 4.74 Å². The molecule has 13 heavy (non-hydrogen) atoms. The van der Waals surface area contributed by atoms with Gasteiger partial charge in [0.25, 0.3) is 0 Å². The van der Waals surface area contributed by atoms with Crippen molar-refractivity contribution in [2.24, 2.45) is 0 Å². The molecule has 0 aromatic heterocycles. The third kappa shape index (κ3) is 106. The minimum Gasteiger partial charge on any atom is -0.652 e. The first-order chi connectivity index (χ1) is 4.50. The third-order valence-corrected chi connectivity index (χ3v) is 0.348. The number of hydrogen-bond donors (Lipinski definition) is 0. The van der Waals surface area contributed by atoms with E-state index in [0.717, 1.165) is 0 Å². The van der Waals surface area contributed by atoms with E-state index in [9.17, 15) is 4.79 Å². The molecule has 0 aliphatic rings. The third-order valence-electron chi connectivity index (χ3n) is 0.348. The smallest absolute Gasteiger partial charge is 0.652 e. The van der Waals surface area contributed by atoms with Crippen molar-refractivity contribution in [3.8, 4) is 0 Å². The van der Waals surface area contributed by atoms with E-state index in [-0.39, 0.29) is 70.6 Å². The summed E-state index contributed by atoms with van der Waals surface area (Å²) < 4.78 is 4.40. The van der Waals surface area contributed by atoms with E-state index < -0.39 is 6.16 Å². The molecule has 0 spiro atoms. The predicted octanol–water partition coefficient (Wildman–Crippen LogP) is -8.69. The van der Waals surface area contributed by atoms with E-state index in [0.29, 0.717) is 6.61 Å². The van der Waals surface area contributed by atoms with E-state index in [1.54, 1.807) is 6.92 Å². The van der Waals surface area contributed by atoms with Crippen LogP contribution in [0, 0.1) is 0 Å². The van der Waals surface area contributed by atoms with E-state index in [1.807, 2.05) is 0 Å². The van der Waals surface area contributed by atoms with Gasteiger partial charge < -0.3 is 25.2 Å². The molecule has 0 rings (SSSR count). The molecule has 0 saturated carbocycles. The SMILES string of the molecule is CCOC(C)=O.O.O=C([O-])[O-].[Na+].[Na+]. The second-order valence-corrected chi connectivity index (χ2v) is 1.17. The minimum atomic E-state index is -2.33. The van der Waals surface area contributed by atoms with Crippen LogP contribution in [0.2, 0.25) is 0 Å². The van der Waals surface area contributed by atoms with Crippen LogP contribution in [-0.4, -0.2) is 24.2 Å². The summed E-state index contributed by atoms with van der Waals surface area (Å²) in [5.41, 5.74) is 0. The molecule has 0 saturated heterocycles. The number of carbonyl (C=O) groups is 2. The first-order valence-corrected chi connectivity index (χ1v) is 2.52. The molecule has 0 aliphatic heterocycles. The van der Waals surface area contributed by atoms with Gasteiger partial charge in [0.1, 0.15) is 0 Å². The molecule has 0 unspecified atom stereocenters. The molecule has 2 N–H and O–H groups in total. The van der Waals surface area contributed by atoms with Crippen LogP contribution in [0.15, 0.2) is 0 Å². The van der Waals surface area contributed by atoms with Crippen molar-refractivity contribution in [2.75, 3.05) is 6.61 Å². The average Bonchev–Trinajstić information content (AvgIpc) is 1.62. The Morgan fingerprint density at radius 3 is 1.46 bits per heavy atom. The summed E-state index contributed by atoms with van der Waals surface area (Å²) in [6.45, 7) is 3.65. The summed E-state index contributed by atoms with van der Waals surface area (Å²) in [5, 5.41) is 16.7. The fraction of sp³-hybridized carbons (Fsp3) is 0.600. The molecular formula is C5H10Na2O6. The second-order valence-electron chi connectivity index (χ2n) is 1.17. The van der Waals surface area contributed by atoms with Crippen LogP contribution in [0.1, 0.15) is 13.8 Å². The second kappa shape index (κ2) is 23.0. The predicted molar refractivity (Wildman–Crippen MR) is 31.3 cm³/mol. The van der Waals surface area contributed by atoms with Crippen LogP contribution < -0.4 is 69.3 Å².